The Morgan fingerprint density at radius 3 is 2.58 bits per heavy atom. The van der Waals surface area contributed by atoms with Crippen LogP contribution in [0.25, 0.3) is 33.3 Å². The van der Waals surface area contributed by atoms with Crippen molar-refractivity contribution in [3.05, 3.63) is 35.2 Å². The maximum atomic E-state index is 9.89. The molecule has 3 aromatic heterocycles. The number of benzene rings is 1. The lowest BCUT2D eigenvalue weighted by Gasteiger charge is -2.32. The third kappa shape index (κ3) is 3.70. The molecule has 2 aliphatic rings. The van der Waals surface area contributed by atoms with Gasteiger partial charge >= 0.3 is 0 Å². The molecule has 1 saturated heterocycles. The van der Waals surface area contributed by atoms with Crippen LogP contribution >= 0.6 is 0 Å². The second-order valence-corrected chi connectivity index (χ2v) is 9.84. The molecule has 0 bridgehead atoms. The van der Waals surface area contributed by atoms with Crippen molar-refractivity contribution >= 4 is 21.9 Å². The summed E-state index contributed by atoms with van der Waals surface area (Å²) in [5.41, 5.74) is 6.24. The predicted octanol–water partition coefficient (Wildman–Crippen LogP) is 5.46. The number of likely N-dealkylation sites (tertiary alicyclic amines) is 1. The number of ether oxygens (including phenoxy) is 2. The van der Waals surface area contributed by atoms with E-state index in [0.717, 1.165) is 84.3 Å². The van der Waals surface area contributed by atoms with E-state index in [9.17, 15) is 5.26 Å². The minimum atomic E-state index is 0.410. The van der Waals surface area contributed by atoms with Gasteiger partial charge in [-0.05, 0) is 69.8 Å². The van der Waals surface area contributed by atoms with E-state index in [1.807, 2.05) is 6.92 Å². The molecular weight excluding hydrogens is 452 g/mol. The molecule has 0 spiro atoms. The Kier molecular flexibility index (Phi) is 5.81. The van der Waals surface area contributed by atoms with E-state index in [2.05, 4.69) is 45.0 Å². The normalized spacial score (nSPS) is 17.1. The van der Waals surface area contributed by atoms with Gasteiger partial charge < -0.3 is 24.3 Å². The number of fused-ring (bicyclic) bond motifs is 2. The number of hydrogen-bond acceptors (Lipinski definition) is 6. The van der Waals surface area contributed by atoms with Crippen LogP contribution in [0.4, 0.5) is 0 Å². The number of pyridine rings is 1. The molecule has 2 N–H and O–H groups in total. The first-order chi connectivity index (χ1) is 17.7. The fourth-order valence-corrected chi connectivity index (χ4v) is 5.69. The summed E-state index contributed by atoms with van der Waals surface area (Å²) in [6.45, 7) is 8.14. The highest BCUT2D eigenvalue weighted by molar-refractivity contribution is 6.00. The van der Waals surface area contributed by atoms with Gasteiger partial charge in [-0.15, -0.1) is 0 Å². The number of nitrogens with one attached hydrogen (secondary N) is 2. The Bertz CT molecular complexity index is 1470. The van der Waals surface area contributed by atoms with Crippen molar-refractivity contribution < 1.29 is 9.47 Å². The summed E-state index contributed by atoms with van der Waals surface area (Å²) >= 11 is 0. The summed E-state index contributed by atoms with van der Waals surface area (Å²) in [6, 6.07) is 6.71. The SMILES string of the molecule is CCOc1c(C2CCN(CC)CC2)ccc2[nH]c(-c3c(OC)ncc4c(C#N)c(C5CC5)[nH]c34)nc12. The Hall–Kier alpha value is -3.57. The van der Waals surface area contributed by atoms with E-state index in [1.165, 1.54) is 5.56 Å². The summed E-state index contributed by atoms with van der Waals surface area (Å²) < 4.78 is 11.9. The van der Waals surface area contributed by atoms with E-state index < -0.39 is 0 Å². The van der Waals surface area contributed by atoms with E-state index >= 15 is 0 Å². The lowest BCUT2D eigenvalue weighted by atomic mass is 9.88. The van der Waals surface area contributed by atoms with Crippen molar-refractivity contribution in [3.63, 3.8) is 0 Å². The van der Waals surface area contributed by atoms with Crippen LogP contribution < -0.4 is 9.47 Å². The monoisotopic (exact) mass is 484 g/mol. The summed E-state index contributed by atoms with van der Waals surface area (Å²) in [4.78, 5) is 19.1. The molecule has 0 atom stereocenters. The van der Waals surface area contributed by atoms with Crippen LogP contribution in [0.15, 0.2) is 18.3 Å². The minimum absolute atomic E-state index is 0.410. The molecule has 8 heteroatoms. The fourth-order valence-electron chi connectivity index (χ4n) is 5.69. The molecule has 8 nitrogen and oxygen atoms in total. The number of aromatic amines is 2. The zero-order valence-electron chi connectivity index (χ0n) is 21.1. The average Bonchev–Trinajstić information content (AvgIpc) is 3.56. The molecule has 0 amide bonds. The Morgan fingerprint density at radius 1 is 1.11 bits per heavy atom. The van der Waals surface area contributed by atoms with Crippen LogP contribution in [-0.2, 0) is 0 Å². The number of nitrogens with zero attached hydrogens (tertiary/aromatic N) is 4. The van der Waals surface area contributed by atoms with Gasteiger partial charge in [-0.3, -0.25) is 0 Å². The first kappa shape index (κ1) is 22.9. The van der Waals surface area contributed by atoms with Crippen molar-refractivity contribution in [1.29, 1.82) is 5.26 Å². The van der Waals surface area contributed by atoms with Gasteiger partial charge in [0.15, 0.2) is 5.75 Å². The number of hydrogen-bond donors (Lipinski definition) is 2. The minimum Gasteiger partial charge on any atom is -0.491 e. The molecule has 0 unspecified atom stereocenters. The van der Waals surface area contributed by atoms with Crippen LogP contribution in [0.3, 0.4) is 0 Å². The van der Waals surface area contributed by atoms with Crippen LogP contribution in [0, 0.1) is 11.3 Å². The molecule has 1 aromatic carbocycles. The average molecular weight is 485 g/mol. The first-order valence-corrected chi connectivity index (χ1v) is 13.0. The van der Waals surface area contributed by atoms with Crippen LogP contribution in [0.2, 0.25) is 0 Å². The molecule has 0 radical (unpaired) electrons. The zero-order valence-corrected chi connectivity index (χ0v) is 21.1. The zero-order chi connectivity index (χ0) is 24.8. The summed E-state index contributed by atoms with van der Waals surface area (Å²) in [5, 5.41) is 10.7. The Labute approximate surface area is 210 Å². The third-order valence-corrected chi connectivity index (χ3v) is 7.77. The molecule has 4 heterocycles. The van der Waals surface area contributed by atoms with Gasteiger partial charge in [0.25, 0.3) is 0 Å². The number of H-pyrrole nitrogens is 2. The highest BCUT2D eigenvalue weighted by Gasteiger charge is 2.31. The quantitative estimate of drug-likeness (QED) is 0.361. The molecule has 186 valence electrons. The topological polar surface area (TPSA) is 103 Å². The number of imidazole rings is 1. The maximum absolute atomic E-state index is 9.89. The van der Waals surface area contributed by atoms with Crippen molar-refractivity contribution in [3.8, 4) is 29.1 Å². The van der Waals surface area contributed by atoms with E-state index in [4.69, 9.17) is 14.5 Å². The molecule has 6 rings (SSSR count). The van der Waals surface area contributed by atoms with Gasteiger partial charge in [0, 0.05) is 23.2 Å². The van der Waals surface area contributed by atoms with Gasteiger partial charge in [0.05, 0.1) is 30.3 Å². The summed E-state index contributed by atoms with van der Waals surface area (Å²) in [6.07, 6.45) is 6.18. The number of rotatable bonds is 7. The maximum Gasteiger partial charge on any atom is 0.226 e. The molecule has 2 fully saturated rings. The van der Waals surface area contributed by atoms with Crippen molar-refractivity contribution in [1.82, 2.24) is 24.8 Å². The third-order valence-electron chi connectivity index (χ3n) is 7.77. The largest absolute Gasteiger partial charge is 0.491 e. The standard InChI is InChI=1S/C28H32N6O2/c1-4-34-12-10-16(11-13-34)18-8-9-21-25(26(18)36-5-2)33-27(31-21)22-24-20(15-30-28(22)35-3)19(14-29)23(32-24)17-6-7-17/h8-9,15-17,32H,4-7,10-13H2,1-3H3,(H,31,33). The highest BCUT2D eigenvalue weighted by Crippen LogP contribution is 2.46. The molecular formula is C28H32N6O2. The van der Waals surface area contributed by atoms with Crippen LogP contribution in [0.1, 0.15) is 68.2 Å². The number of aromatic nitrogens is 4. The van der Waals surface area contributed by atoms with E-state index in [-0.39, 0.29) is 0 Å². The number of methoxy groups -OCH3 is 1. The van der Waals surface area contributed by atoms with Gasteiger partial charge in [0.1, 0.15) is 23.0 Å². The molecule has 1 aliphatic carbocycles. The van der Waals surface area contributed by atoms with Gasteiger partial charge in [-0.1, -0.05) is 13.0 Å². The van der Waals surface area contributed by atoms with Gasteiger partial charge in [-0.25, -0.2) is 9.97 Å². The molecule has 1 aliphatic heterocycles. The Morgan fingerprint density at radius 2 is 1.92 bits per heavy atom. The Balaban J connectivity index is 1.50. The second kappa shape index (κ2) is 9.14. The van der Waals surface area contributed by atoms with Crippen molar-refractivity contribution in [2.24, 2.45) is 0 Å². The van der Waals surface area contributed by atoms with E-state index in [1.54, 1.807) is 13.3 Å². The molecule has 4 aromatic rings. The lowest BCUT2D eigenvalue weighted by Crippen LogP contribution is -2.32. The van der Waals surface area contributed by atoms with Gasteiger partial charge in [0.2, 0.25) is 5.88 Å². The summed E-state index contributed by atoms with van der Waals surface area (Å²) in [5.74, 6) is 2.87. The molecule has 36 heavy (non-hydrogen) atoms. The predicted molar refractivity (Wildman–Crippen MR) is 140 cm³/mol. The highest BCUT2D eigenvalue weighted by atomic mass is 16.5. The first-order valence-electron chi connectivity index (χ1n) is 13.0. The second-order valence-electron chi connectivity index (χ2n) is 9.84. The van der Waals surface area contributed by atoms with Crippen LogP contribution in [-0.4, -0.2) is 58.2 Å². The summed E-state index contributed by atoms with van der Waals surface area (Å²) in [7, 11) is 1.61. The molecule has 1 saturated carbocycles. The van der Waals surface area contributed by atoms with Crippen LogP contribution in [0.5, 0.6) is 11.6 Å². The van der Waals surface area contributed by atoms with E-state index in [0.29, 0.717) is 35.7 Å². The van der Waals surface area contributed by atoms with Crippen molar-refractivity contribution in [2.75, 3.05) is 33.4 Å². The van der Waals surface area contributed by atoms with Gasteiger partial charge in [-0.2, -0.15) is 5.26 Å². The lowest BCUT2D eigenvalue weighted by molar-refractivity contribution is 0.220. The van der Waals surface area contributed by atoms with Crippen molar-refractivity contribution in [2.45, 2.75) is 51.4 Å². The number of nitriles is 1. The smallest absolute Gasteiger partial charge is 0.226 e. The fraction of sp³-hybridized carbons (Fsp3) is 0.464. The number of piperidine rings is 1.